The van der Waals surface area contributed by atoms with Crippen LogP contribution in [0.3, 0.4) is 0 Å². The van der Waals surface area contributed by atoms with Crippen LogP contribution in [-0.2, 0) is 17.8 Å². The molecule has 0 aliphatic heterocycles. The van der Waals surface area contributed by atoms with Crippen molar-refractivity contribution in [3.63, 3.8) is 0 Å². The highest BCUT2D eigenvalue weighted by Gasteiger charge is 2.24. The monoisotopic (exact) mass is 424 g/mol. The van der Waals surface area contributed by atoms with E-state index in [1.54, 1.807) is 22.8 Å². The minimum atomic E-state index is -1.31. The smallest absolute Gasteiger partial charge is 0.323 e. The lowest BCUT2D eigenvalue weighted by molar-refractivity contribution is -0.137. The Morgan fingerprint density at radius 1 is 1.25 bits per heavy atom. The molecule has 4 rings (SSSR count). The van der Waals surface area contributed by atoms with Gasteiger partial charge in [0, 0.05) is 27.7 Å². The minimum absolute atomic E-state index is 0.0935. The van der Waals surface area contributed by atoms with Crippen molar-refractivity contribution in [1.29, 1.82) is 0 Å². The summed E-state index contributed by atoms with van der Waals surface area (Å²) >= 11 is 6.98. The Kier molecular flexibility index (Phi) is 4.55. The molecule has 0 bridgehead atoms. The van der Waals surface area contributed by atoms with Gasteiger partial charge in [0.15, 0.2) is 11.6 Å². The second-order valence-electron chi connectivity index (χ2n) is 6.17. The molecule has 2 heterocycles. The fourth-order valence-corrected chi connectivity index (χ4v) is 4.60. The molecular weight excluding hydrogens is 413 g/mol. The summed E-state index contributed by atoms with van der Waals surface area (Å²) in [7, 11) is 0. The summed E-state index contributed by atoms with van der Waals surface area (Å²) in [5.41, 5.74) is 1.40. The van der Waals surface area contributed by atoms with Gasteiger partial charge in [0.1, 0.15) is 22.9 Å². The molecule has 2 aromatic heterocycles. The first-order valence-electron chi connectivity index (χ1n) is 8.28. The lowest BCUT2D eigenvalue weighted by Crippen LogP contribution is -2.11. The van der Waals surface area contributed by atoms with Crippen LogP contribution in [0, 0.1) is 17.5 Å². The van der Waals surface area contributed by atoms with Gasteiger partial charge in [0.2, 0.25) is 0 Å². The number of carboxylic acids is 1. The second kappa shape index (κ2) is 6.79. The Labute approximate surface area is 165 Å². The van der Waals surface area contributed by atoms with Crippen LogP contribution in [0.4, 0.5) is 13.2 Å². The van der Waals surface area contributed by atoms with Crippen molar-refractivity contribution in [1.82, 2.24) is 9.55 Å². The maximum absolute atomic E-state index is 14.1. The molecule has 0 radical (unpaired) electrons. The third kappa shape index (κ3) is 2.84. The maximum atomic E-state index is 14.1. The van der Waals surface area contributed by atoms with E-state index in [0.29, 0.717) is 39.7 Å². The number of carbonyl (C=O) groups is 1. The molecule has 0 atom stereocenters. The molecule has 4 aromatic rings. The summed E-state index contributed by atoms with van der Waals surface area (Å²) in [6, 6.07) is 5.49. The Hall–Kier alpha value is -2.58. The highest BCUT2D eigenvalue weighted by molar-refractivity contribution is 7.21. The Bertz CT molecular complexity index is 1270. The Balaban J connectivity index is 2.09. The average molecular weight is 425 g/mol. The molecule has 4 nitrogen and oxygen atoms in total. The number of carboxylic acid groups (broad SMARTS) is 1. The van der Waals surface area contributed by atoms with Crippen LogP contribution in [0.2, 0.25) is 5.02 Å². The molecule has 0 fully saturated rings. The number of rotatable bonds is 4. The van der Waals surface area contributed by atoms with Crippen molar-refractivity contribution in [2.75, 3.05) is 0 Å². The number of nitrogens with zero attached hydrogens (tertiary/aromatic N) is 2. The number of hydrogen-bond donors (Lipinski definition) is 1. The highest BCUT2D eigenvalue weighted by atomic mass is 35.5. The summed E-state index contributed by atoms with van der Waals surface area (Å²) in [4.78, 5) is 15.5. The highest BCUT2D eigenvalue weighted by Crippen LogP contribution is 2.41. The van der Waals surface area contributed by atoms with Crippen LogP contribution in [0.25, 0.3) is 31.7 Å². The largest absolute Gasteiger partial charge is 0.480 e. The van der Waals surface area contributed by atoms with Crippen LogP contribution >= 0.6 is 22.9 Å². The van der Waals surface area contributed by atoms with Crippen molar-refractivity contribution in [2.24, 2.45) is 0 Å². The molecule has 9 heteroatoms. The van der Waals surface area contributed by atoms with Gasteiger partial charge in [-0.2, -0.15) is 0 Å². The van der Waals surface area contributed by atoms with E-state index in [2.05, 4.69) is 4.98 Å². The van der Waals surface area contributed by atoms with E-state index in [4.69, 9.17) is 11.6 Å². The Morgan fingerprint density at radius 3 is 2.68 bits per heavy atom. The molecule has 0 aliphatic carbocycles. The quantitative estimate of drug-likeness (QED) is 0.431. The lowest BCUT2D eigenvalue weighted by atomic mass is 10.1. The fraction of sp³-hybridized carbons (Fsp3) is 0.158. The molecule has 0 saturated heterocycles. The summed E-state index contributed by atoms with van der Waals surface area (Å²) in [5, 5.41) is 10.7. The van der Waals surface area contributed by atoms with E-state index in [1.165, 1.54) is 0 Å². The normalized spacial score (nSPS) is 11.6. The third-order valence-corrected chi connectivity index (χ3v) is 5.81. The van der Waals surface area contributed by atoms with Crippen LogP contribution in [-0.4, -0.2) is 20.6 Å². The van der Waals surface area contributed by atoms with E-state index in [9.17, 15) is 23.1 Å². The molecule has 0 aliphatic rings. The first-order valence-corrected chi connectivity index (χ1v) is 9.48. The van der Waals surface area contributed by atoms with Gasteiger partial charge < -0.3 is 9.67 Å². The maximum Gasteiger partial charge on any atom is 0.323 e. The van der Waals surface area contributed by atoms with Crippen molar-refractivity contribution in [3.8, 4) is 10.6 Å². The number of thiazole rings is 1. The molecule has 0 saturated carbocycles. The van der Waals surface area contributed by atoms with E-state index in [1.807, 2.05) is 6.92 Å². The number of halogens is 4. The molecular formula is C19H12ClF3N2O2S. The molecule has 0 amide bonds. The average Bonchev–Trinajstić information content (AvgIpc) is 3.19. The predicted octanol–water partition coefficient (Wildman–Crippen LogP) is 5.64. The lowest BCUT2D eigenvalue weighted by Gasteiger charge is -2.07. The van der Waals surface area contributed by atoms with Crippen LogP contribution in [0.1, 0.15) is 12.6 Å². The van der Waals surface area contributed by atoms with Gasteiger partial charge in [0.05, 0.1) is 10.2 Å². The Morgan fingerprint density at radius 2 is 2.00 bits per heavy atom. The predicted molar refractivity (Wildman–Crippen MR) is 102 cm³/mol. The van der Waals surface area contributed by atoms with Crippen LogP contribution in [0.15, 0.2) is 24.3 Å². The van der Waals surface area contributed by atoms with E-state index in [0.717, 1.165) is 11.3 Å². The van der Waals surface area contributed by atoms with Crippen molar-refractivity contribution < 1.29 is 23.1 Å². The number of fused-ring (bicyclic) bond motifs is 2. The second-order valence-corrected chi connectivity index (χ2v) is 7.60. The van der Waals surface area contributed by atoms with Crippen LogP contribution < -0.4 is 0 Å². The summed E-state index contributed by atoms with van der Waals surface area (Å²) in [6.45, 7) is 1.54. The fourth-order valence-electron chi connectivity index (χ4n) is 3.39. The SMILES string of the molecule is CCc1c(-c2nc3c(F)c(F)cc(F)c3s2)c2ccc(Cl)cc2n1CC(=O)O. The van der Waals surface area contributed by atoms with E-state index < -0.39 is 23.4 Å². The van der Waals surface area contributed by atoms with Gasteiger partial charge in [-0.3, -0.25) is 4.79 Å². The van der Waals surface area contributed by atoms with E-state index in [-0.39, 0.29) is 21.8 Å². The number of hydrogen-bond acceptors (Lipinski definition) is 3. The zero-order chi connectivity index (χ0) is 20.2. The number of aromatic nitrogens is 2. The van der Waals surface area contributed by atoms with Crippen LogP contribution in [0.5, 0.6) is 0 Å². The molecule has 0 spiro atoms. The van der Waals surface area contributed by atoms with Crippen molar-refractivity contribution in [3.05, 3.63) is 52.4 Å². The van der Waals surface area contributed by atoms with Gasteiger partial charge in [-0.15, -0.1) is 11.3 Å². The first-order chi connectivity index (χ1) is 13.3. The molecule has 2 aromatic carbocycles. The summed E-state index contributed by atoms with van der Waals surface area (Å²) in [5.74, 6) is -4.46. The molecule has 144 valence electrons. The van der Waals surface area contributed by atoms with Gasteiger partial charge in [-0.25, -0.2) is 18.2 Å². The number of aliphatic carboxylic acids is 1. The number of benzene rings is 2. The van der Waals surface area contributed by atoms with Gasteiger partial charge >= 0.3 is 5.97 Å². The standard InChI is InChI=1S/C19H12ClF3N2O2S/c1-2-12-15(9-4-3-8(20)5-13(9)25(12)7-14(26)27)19-24-17-16(23)10(21)6-11(22)18(17)28-19/h3-6H,2,7H2,1H3,(H,26,27). The minimum Gasteiger partial charge on any atom is -0.480 e. The molecule has 0 unspecified atom stereocenters. The van der Waals surface area contributed by atoms with Gasteiger partial charge in [-0.05, 0) is 18.6 Å². The van der Waals surface area contributed by atoms with Crippen molar-refractivity contribution >= 4 is 50.0 Å². The first kappa shape index (κ1) is 18.8. The van der Waals surface area contributed by atoms with Crippen molar-refractivity contribution in [2.45, 2.75) is 19.9 Å². The topological polar surface area (TPSA) is 55.1 Å². The summed E-state index contributed by atoms with van der Waals surface area (Å²) < 4.78 is 43.4. The zero-order valence-electron chi connectivity index (χ0n) is 14.4. The molecule has 28 heavy (non-hydrogen) atoms. The van der Waals surface area contributed by atoms with E-state index >= 15 is 0 Å². The third-order valence-electron chi connectivity index (χ3n) is 4.49. The van der Waals surface area contributed by atoms with Gasteiger partial charge in [-0.1, -0.05) is 24.6 Å². The molecule has 1 N–H and O–H groups in total. The van der Waals surface area contributed by atoms with Gasteiger partial charge in [0.25, 0.3) is 0 Å². The zero-order valence-corrected chi connectivity index (χ0v) is 16.0. The summed E-state index contributed by atoms with van der Waals surface area (Å²) in [6.07, 6.45) is 0.449.